The molecule has 0 saturated carbocycles. The number of carboxylic acids is 1. The SMILES string of the molecule is COc1ccc([C@H](Cc2c(Cl)c[n+](O)cc2Cl)c2cc(COc3cccc([C@@H](NC(=O)O[C@H]4CN5CCC4CC5)c4ccccc4)c3)oc2C(=O)O)cc1OC. The van der Waals surface area contributed by atoms with Crippen LogP contribution in [0.3, 0.4) is 0 Å². The predicted octanol–water partition coefficient (Wildman–Crippen LogP) is 7.69. The molecule has 1 amide bonds. The average Bonchev–Trinajstić information content (AvgIpc) is 3.64. The number of methoxy groups -OCH3 is 2. The first-order valence-electron chi connectivity index (χ1n) is 18.2. The third-order valence-corrected chi connectivity index (χ3v) is 11.1. The molecular weight excluding hydrogens is 761 g/mol. The van der Waals surface area contributed by atoms with E-state index in [0.29, 0.717) is 39.9 Å². The summed E-state index contributed by atoms with van der Waals surface area (Å²) in [6.07, 6.45) is 4.18. The molecule has 5 heterocycles. The zero-order chi connectivity index (χ0) is 39.3. The number of halogens is 2. The lowest BCUT2D eigenvalue weighted by atomic mass is 9.85. The lowest BCUT2D eigenvalue weighted by molar-refractivity contribution is -0.904. The molecule has 292 valence electrons. The maximum absolute atomic E-state index is 13.3. The maximum atomic E-state index is 13.3. The molecule has 3 atom stereocenters. The van der Waals surface area contributed by atoms with Crippen molar-refractivity contribution < 1.29 is 48.0 Å². The molecule has 2 aromatic heterocycles. The number of aromatic nitrogens is 1. The van der Waals surface area contributed by atoms with E-state index >= 15 is 0 Å². The van der Waals surface area contributed by atoms with Crippen molar-refractivity contribution in [2.75, 3.05) is 33.9 Å². The van der Waals surface area contributed by atoms with Crippen molar-refractivity contribution in [3.63, 3.8) is 0 Å². The van der Waals surface area contributed by atoms with Gasteiger partial charge in [-0.05, 0) is 85.3 Å². The number of ether oxygens (including phenoxy) is 4. The molecule has 0 radical (unpaired) electrons. The lowest BCUT2D eigenvalue weighted by Crippen LogP contribution is -2.52. The van der Waals surface area contributed by atoms with Crippen LogP contribution in [0.1, 0.15) is 68.9 Å². The molecule has 3 saturated heterocycles. The van der Waals surface area contributed by atoms with Crippen LogP contribution in [0.2, 0.25) is 10.0 Å². The number of piperidine rings is 3. The van der Waals surface area contributed by atoms with Gasteiger partial charge < -0.3 is 33.8 Å². The summed E-state index contributed by atoms with van der Waals surface area (Å²) in [5.74, 6) is -0.180. The largest absolute Gasteiger partial charge is 0.493 e. The molecular formula is C42H42Cl2N3O9+. The zero-order valence-corrected chi connectivity index (χ0v) is 32.3. The highest BCUT2D eigenvalue weighted by atomic mass is 35.5. The minimum absolute atomic E-state index is 0.106. The van der Waals surface area contributed by atoms with Crippen molar-refractivity contribution in [3.05, 3.63) is 141 Å². The van der Waals surface area contributed by atoms with Crippen LogP contribution in [0.4, 0.5) is 4.79 Å². The highest BCUT2D eigenvalue weighted by molar-refractivity contribution is 6.35. The van der Waals surface area contributed by atoms with E-state index in [2.05, 4.69) is 10.2 Å². The Bertz CT molecular complexity index is 2170. The molecule has 3 fully saturated rings. The van der Waals surface area contributed by atoms with Gasteiger partial charge in [0.05, 0.1) is 20.3 Å². The summed E-state index contributed by atoms with van der Waals surface area (Å²) >= 11 is 13.1. The molecule has 0 spiro atoms. The van der Waals surface area contributed by atoms with E-state index in [9.17, 15) is 19.9 Å². The van der Waals surface area contributed by atoms with Gasteiger partial charge in [0.2, 0.25) is 18.2 Å². The second-order valence-corrected chi connectivity index (χ2v) is 14.7. The minimum atomic E-state index is -1.28. The van der Waals surface area contributed by atoms with E-state index in [1.165, 1.54) is 26.6 Å². The van der Waals surface area contributed by atoms with E-state index < -0.39 is 24.0 Å². The van der Waals surface area contributed by atoms with E-state index in [-0.39, 0.29) is 40.7 Å². The number of nitrogens with one attached hydrogen (secondary N) is 1. The summed E-state index contributed by atoms with van der Waals surface area (Å²) in [6.45, 7) is 2.74. The highest BCUT2D eigenvalue weighted by Gasteiger charge is 2.37. The third-order valence-electron chi connectivity index (χ3n) is 10.5. The number of alkyl carbamates (subject to hydrolysis) is 1. The fourth-order valence-electron chi connectivity index (χ4n) is 7.65. The molecule has 0 aliphatic carbocycles. The van der Waals surface area contributed by atoms with Crippen molar-refractivity contribution in [1.29, 1.82) is 0 Å². The second-order valence-electron chi connectivity index (χ2n) is 13.9. The van der Waals surface area contributed by atoms with E-state index in [1.54, 1.807) is 30.3 Å². The Morgan fingerprint density at radius 2 is 1.62 bits per heavy atom. The monoisotopic (exact) mass is 802 g/mol. The summed E-state index contributed by atoms with van der Waals surface area (Å²) in [6, 6.07) is 23.3. The van der Waals surface area contributed by atoms with Gasteiger partial charge in [0, 0.05) is 28.3 Å². The summed E-state index contributed by atoms with van der Waals surface area (Å²) < 4.78 is 29.9. The van der Waals surface area contributed by atoms with Crippen LogP contribution in [0, 0.1) is 5.92 Å². The van der Waals surface area contributed by atoms with Gasteiger partial charge in [-0.1, -0.05) is 71.7 Å². The Balaban J connectivity index is 1.15. The van der Waals surface area contributed by atoms with Crippen molar-refractivity contribution in [2.45, 2.75) is 43.9 Å². The van der Waals surface area contributed by atoms with Gasteiger partial charge in [0.1, 0.15) is 34.3 Å². The number of carbonyl (C=O) groups excluding carboxylic acids is 1. The number of furan rings is 1. The van der Waals surface area contributed by atoms with Gasteiger partial charge in [-0.3, -0.25) is 10.1 Å². The summed E-state index contributed by atoms with van der Waals surface area (Å²) in [5.41, 5.74) is 3.14. The topological polar surface area (TPSA) is 144 Å². The number of aromatic carboxylic acids is 1. The maximum Gasteiger partial charge on any atom is 0.408 e. The zero-order valence-electron chi connectivity index (χ0n) is 30.8. The number of rotatable bonds is 14. The van der Waals surface area contributed by atoms with Crippen LogP contribution in [-0.4, -0.2) is 67.2 Å². The molecule has 3 aromatic carbocycles. The van der Waals surface area contributed by atoms with Crippen LogP contribution in [-0.2, 0) is 17.8 Å². The molecule has 3 aliphatic rings. The number of carbonyl (C=O) groups is 2. The molecule has 2 bridgehead atoms. The quantitative estimate of drug-likeness (QED) is 0.0756. The number of fused-ring (bicyclic) bond motifs is 3. The van der Waals surface area contributed by atoms with Gasteiger partial charge >= 0.3 is 12.1 Å². The van der Waals surface area contributed by atoms with Gasteiger partial charge in [-0.25, -0.2) is 9.59 Å². The molecule has 12 nitrogen and oxygen atoms in total. The minimum Gasteiger partial charge on any atom is -0.493 e. The molecule has 56 heavy (non-hydrogen) atoms. The Hall–Kier alpha value is -5.43. The Kier molecular flexibility index (Phi) is 11.9. The van der Waals surface area contributed by atoms with E-state index in [0.717, 1.165) is 48.3 Å². The van der Waals surface area contributed by atoms with Gasteiger partial charge in [-0.15, -0.1) is 0 Å². The molecule has 0 unspecified atom stereocenters. The number of nitrogens with zero attached hydrogens (tertiary/aromatic N) is 2. The van der Waals surface area contributed by atoms with Crippen molar-refractivity contribution in [3.8, 4) is 17.2 Å². The van der Waals surface area contributed by atoms with Gasteiger partial charge in [0.25, 0.3) is 0 Å². The summed E-state index contributed by atoms with van der Waals surface area (Å²) in [5, 5.41) is 23.8. The normalized spacial score (nSPS) is 18.5. The van der Waals surface area contributed by atoms with E-state index in [4.69, 9.17) is 46.6 Å². The number of hydrogen-bond acceptors (Lipinski definition) is 9. The summed E-state index contributed by atoms with van der Waals surface area (Å²) in [4.78, 5) is 28.4. The third kappa shape index (κ3) is 8.67. The summed E-state index contributed by atoms with van der Waals surface area (Å²) in [7, 11) is 3.03. The fraction of sp³-hybridized carbons (Fsp3) is 0.310. The number of pyridine rings is 1. The van der Waals surface area contributed by atoms with Crippen molar-refractivity contribution in [2.24, 2.45) is 5.92 Å². The molecule has 5 aromatic rings. The Labute approximate surface area is 334 Å². The highest BCUT2D eigenvalue weighted by Crippen LogP contribution is 2.40. The second kappa shape index (κ2) is 17.2. The smallest absolute Gasteiger partial charge is 0.408 e. The van der Waals surface area contributed by atoms with Gasteiger partial charge in [0.15, 0.2) is 11.5 Å². The lowest BCUT2D eigenvalue weighted by Gasteiger charge is -2.43. The van der Waals surface area contributed by atoms with Crippen molar-refractivity contribution in [1.82, 2.24) is 10.2 Å². The first-order chi connectivity index (χ1) is 27.1. The van der Waals surface area contributed by atoms with E-state index in [1.807, 2.05) is 48.5 Å². The van der Waals surface area contributed by atoms with Crippen LogP contribution >= 0.6 is 23.2 Å². The van der Waals surface area contributed by atoms with Crippen LogP contribution in [0.5, 0.6) is 17.2 Å². The molecule has 8 rings (SSSR count). The first-order valence-corrected chi connectivity index (χ1v) is 19.0. The van der Waals surface area contributed by atoms with Crippen molar-refractivity contribution >= 4 is 35.3 Å². The number of amides is 1. The molecule has 14 heteroatoms. The Morgan fingerprint density at radius 3 is 2.29 bits per heavy atom. The first kappa shape index (κ1) is 38.8. The number of carboxylic acid groups (broad SMARTS) is 1. The predicted molar refractivity (Wildman–Crippen MR) is 206 cm³/mol. The number of benzene rings is 3. The van der Waals surface area contributed by atoms with Crippen LogP contribution in [0.15, 0.2) is 95.7 Å². The fourth-order valence-corrected chi connectivity index (χ4v) is 8.25. The van der Waals surface area contributed by atoms with Gasteiger partial charge in [-0.2, -0.15) is 0 Å². The number of hydrogen-bond donors (Lipinski definition) is 3. The molecule has 3 N–H and O–H groups in total. The Morgan fingerprint density at radius 1 is 0.911 bits per heavy atom. The standard InChI is InChI=1S/C42H41Cl2N3O9/c1-52-36-12-11-27(18-37(36)53-2)31(20-33-34(43)21-47(51)22-35(33)44)32-19-30(55-40(32)41(48)49)24-54-29-10-6-9-28(17-29)39(26-7-4-3-5-8-26)45-42(50)56-38-23-46-15-13-25(38)14-16-46/h3-12,17-19,21-22,25,31,38-39H,13-16,20,23-24H2,1-2H3,(H2-,45,48,49,50,51)/p+1/t31-,38-,39-/m0/s1. The average molecular weight is 804 g/mol. The van der Waals surface area contributed by atoms with Crippen LogP contribution in [0.25, 0.3) is 0 Å². The van der Waals surface area contributed by atoms with Crippen LogP contribution < -0.4 is 24.3 Å². The molecule has 3 aliphatic heterocycles.